The first-order valence-corrected chi connectivity index (χ1v) is 12.7. The number of anilines is 1. The zero-order valence-electron chi connectivity index (χ0n) is 15.1. The number of carbonyl (C=O) groups is 2. The number of benzene rings is 2. The van der Waals surface area contributed by atoms with E-state index >= 15 is 0 Å². The SMILES string of the molecule is O=C1[C@@H]2[C@H]3C[C@@H]([C@H](Br)[C@H]3Br)[C@@H]2C(=O)N1c1ccc(S(=O)(=O)c2ccccc2)cc1. The van der Waals surface area contributed by atoms with Gasteiger partial charge in [0.25, 0.3) is 0 Å². The number of hydrogen-bond donors (Lipinski definition) is 0. The van der Waals surface area contributed by atoms with Crippen LogP contribution in [0.4, 0.5) is 5.69 Å². The molecule has 1 aliphatic heterocycles. The van der Waals surface area contributed by atoms with E-state index in [1.165, 1.54) is 17.0 Å². The molecule has 0 aromatic heterocycles. The lowest BCUT2D eigenvalue weighted by atomic mass is 9.81. The molecule has 0 N–H and O–H groups in total. The fraction of sp³-hybridized carbons (Fsp3) is 0.333. The van der Waals surface area contributed by atoms with Gasteiger partial charge in [0, 0.05) is 9.65 Å². The van der Waals surface area contributed by atoms with E-state index in [0.29, 0.717) is 5.69 Å². The third-order valence-electron chi connectivity index (χ3n) is 6.45. The Balaban J connectivity index is 1.46. The molecule has 2 saturated carbocycles. The Morgan fingerprint density at radius 1 is 0.759 bits per heavy atom. The maximum absolute atomic E-state index is 13.1. The molecule has 2 amide bonds. The molecule has 8 heteroatoms. The Kier molecular flexibility index (Phi) is 4.53. The highest BCUT2D eigenvalue weighted by atomic mass is 79.9. The quantitative estimate of drug-likeness (QED) is 0.440. The number of sulfone groups is 1. The molecular weight excluding hydrogens is 522 g/mol. The standard InChI is InChI=1S/C21H17Br2NO4S/c22-18-14-10-15(19(18)23)17-16(14)20(25)24(21(17)26)11-6-8-13(9-7-11)29(27,28)12-4-2-1-3-5-12/h1-9,14-19H,10H2/t14-,15-,16-,17+,18+,19+/m1/s1. The van der Waals surface area contributed by atoms with Crippen molar-refractivity contribution in [2.75, 3.05) is 4.90 Å². The molecule has 3 aliphatic rings. The third kappa shape index (κ3) is 2.72. The number of carbonyl (C=O) groups excluding carboxylic acids is 2. The van der Waals surface area contributed by atoms with Gasteiger partial charge in [-0.25, -0.2) is 8.42 Å². The van der Waals surface area contributed by atoms with Crippen LogP contribution in [-0.4, -0.2) is 29.9 Å². The van der Waals surface area contributed by atoms with Gasteiger partial charge in [0.05, 0.1) is 27.3 Å². The van der Waals surface area contributed by atoms with E-state index < -0.39 is 9.84 Å². The van der Waals surface area contributed by atoms with E-state index in [1.54, 1.807) is 42.5 Å². The van der Waals surface area contributed by atoms with Crippen LogP contribution in [0.15, 0.2) is 64.4 Å². The van der Waals surface area contributed by atoms with Gasteiger partial charge in [-0.2, -0.15) is 0 Å². The lowest BCUT2D eigenvalue weighted by Gasteiger charge is -2.28. The van der Waals surface area contributed by atoms with Crippen LogP contribution < -0.4 is 4.90 Å². The molecule has 2 aliphatic carbocycles. The minimum absolute atomic E-state index is 0.132. The van der Waals surface area contributed by atoms with Gasteiger partial charge in [0.2, 0.25) is 21.7 Å². The van der Waals surface area contributed by atoms with Crippen LogP contribution in [0.1, 0.15) is 6.42 Å². The molecule has 3 fully saturated rings. The topological polar surface area (TPSA) is 71.5 Å². The average Bonchev–Trinajstić information content (AvgIpc) is 3.34. The molecule has 0 radical (unpaired) electrons. The maximum Gasteiger partial charge on any atom is 0.238 e. The van der Waals surface area contributed by atoms with Crippen molar-refractivity contribution in [3.8, 4) is 0 Å². The van der Waals surface area contributed by atoms with E-state index in [-0.39, 0.29) is 54.9 Å². The molecule has 2 aromatic rings. The summed E-state index contributed by atoms with van der Waals surface area (Å²) in [6.45, 7) is 0. The van der Waals surface area contributed by atoms with Crippen molar-refractivity contribution in [1.29, 1.82) is 0 Å². The Labute approximate surface area is 185 Å². The van der Waals surface area contributed by atoms with Gasteiger partial charge < -0.3 is 0 Å². The second-order valence-electron chi connectivity index (χ2n) is 7.83. The van der Waals surface area contributed by atoms with Gasteiger partial charge in [0.15, 0.2) is 0 Å². The highest BCUT2D eigenvalue weighted by Gasteiger charge is 2.66. The van der Waals surface area contributed by atoms with Crippen LogP contribution in [-0.2, 0) is 19.4 Å². The van der Waals surface area contributed by atoms with Gasteiger partial charge in [-0.15, -0.1) is 0 Å². The molecule has 150 valence electrons. The Morgan fingerprint density at radius 3 is 1.76 bits per heavy atom. The van der Waals surface area contributed by atoms with Crippen LogP contribution in [0.2, 0.25) is 0 Å². The van der Waals surface area contributed by atoms with Crippen LogP contribution in [0.3, 0.4) is 0 Å². The minimum Gasteiger partial charge on any atom is -0.274 e. The molecule has 5 nitrogen and oxygen atoms in total. The Bertz CT molecular complexity index is 1070. The minimum atomic E-state index is -3.64. The zero-order chi connectivity index (χ0) is 20.5. The van der Waals surface area contributed by atoms with Gasteiger partial charge in [-0.3, -0.25) is 14.5 Å². The van der Waals surface area contributed by atoms with Gasteiger partial charge in [-0.05, 0) is 54.7 Å². The molecule has 0 unspecified atom stereocenters. The first-order chi connectivity index (χ1) is 13.8. The van der Waals surface area contributed by atoms with Crippen molar-refractivity contribution in [1.82, 2.24) is 0 Å². The monoisotopic (exact) mass is 537 g/mol. The fourth-order valence-electron chi connectivity index (χ4n) is 5.11. The number of fused-ring (bicyclic) bond motifs is 5. The van der Waals surface area contributed by atoms with Crippen LogP contribution in [0.5, 0.6) is 0 Å². The summed E-state index contributed by atoms with van der Waals surface area (Å²) in [5.41, 5.74) is 0.429. The summed E-state index contributed by atoms with van der Waals surface area (Å²) in [4.78, 5) is 28.1. The molecule has 29 heavy (non-hydrogen) atoms. The second kappa shape index (κ2) is 6.75. The predicted octanol–water partition coefficient (Wildman–Crippen LogP) is 3.80. The molecule has 5 rings (SSSR count). The van der Waals surface area contributed by atoms with Crippen molar-refractivity contribution >= 4 is 59.2 Å². The number of nitrogens with zero attached hydrogens (tertiary/aromatic N) is 1. The van der Waals surface area contributed by atoms with Gasteiger partial charge in [-0.1, -0.05) is 50.1 Å². The molecule has 1 saturated heterocycles. The van der Waals surface area contributed by atoms with E-state index in [9.17, 15) is 18.0 Å². The van der Waals surface area contributed by atoms with Gasteiger partial charge in [0.1, 0.15) is 0 Å². The zero-order valence-corrected chi connectivity index (χ0v) is 19.1. The van der Waals surface area contributed by atoms with E-state index in [2.05, 4.69) is 31.9 Å². The van der Waals surface area contributed by atoms with Crippen molar-refractivity contribution in [2.45, 2.75) is 25.9 Å². The molecule has 0 spiro atoms. The Hall–Kier alpha value is -1.51. The van der Waals surface area contributed by atoms with E-state index in [4.69, 9.17) is 0 Å². The maximum atomic E-state index is 13.1. The summed E-state index contributed by atoms with van der Waals surface area (Å²) >= 11 is 7.36. The van der Waals surface area contributed by atoms with Crippen molar-refractivity contribution in [3.05, 3.63) is 54.6 Å². The highest BCUT2D eigenvalue weighted by Crippen LogP contribution is 2.60. The normalized spacial score (nSPS) is 33.4. The number of halogens is 2. The number of rotatable bonds is 3. The number of hydrogen-bond acceptors (Lipinski definition) is 4. The summed E-state index contributed by atoms with van der Waals surface area (Å²) in [5.74, 6) is -0.635. The summed E-state index contributed by atoms with van der Waals surface area (Å²) in [6, 6.07) is 14.2. The second-order valence-corrected chi connectivity index (χ2v) is 11.9. The highest BCUT2D eigenvalue weighted by molar-refractivity contribution is 9.12. The first kappa shape index (κ1) is 19.5. The smallest absolute Gasteiger partial charge is 0.238 e. The largest absolute Gasteiger partial charge is 0.274 e. The molecule has 6 atom stereocenters. The summed E-state index contributed by atoms with van der Waals surface area (Å²) < 4.78 is 25.5. The lowest BCUT2D eigenvalue weighted by Crippen LogP contribution is -2.37. The van der Waals surface area contributed by atoms with Crippen molar-refractivity contribution < 1.29 is 18.0 Å². The summed E-state index contributed by atoms with van der Waals surface area (Å²) in [6.07, 6.45) is 0.876. The van der Waals surface area contributed by atoms with Gasteiger partial charge >= 0.3 is 0 Å². The number of imide groups is 1. The summed E-state index contributed by atoms with van der Waals surface area (Å²) in [7, 11) is -3.64. The number of amides is 2. The lowest BCUT2D eigenvalue weighted by molar-refractivity contribution is -0.123. The first-order valence-electron chi connectivity index (χ1n) is 9.38. The number of alkyl halides is 2. The van der Waals surface area contributed by atoms with Crippen LogP contribution in [0.25, 0.3) is 0 Å². The van der Waals surface area contributed by atoms with Crippen LogP contribution in [0, 0.1) is 23.7 Å². The van der Waals surface area contributed by atoms with E-state index in [0.717, 1.165) is 6.42 Å². The fourth-order valence-corrected chi connectivity index (χ4v) is 8.27. The summed E-state index contributed by atoms with van der Waals surface area (Å²) in [5, 5.41) is 0. The molecule has 1 heterocycles. The molecule has 2 bridgehead atoms. The average molecular weight is 539 g/mol. The third-order valence-corrected chi connectivity index (χ3v) is 11.4. The van der Waals surface area contributed by atoms with Crippen molar-refractivity contribution in [2.24, 2.45) is 23.7 Å². The predicted molar refractivity (Wildman–Crippen MR) is 115 cm³/mol. The van der Waals surface area contributed by atoms with Crippen LogP contribution >= 0.6 is 31.9 Å². The molecular formula is C21H17Br2NO4S. The van der Waals surface area contributed by atoms with E-state index in [1.807, 2.05) is 0 Å². The molecule has 2 aromatic carbocycles. The van der Waals surface area contributed by atoms with Crippen molar-refractivity contribution in [3.63, 3.8) is 0 Å². The Morgan fingerprint density at radius 2 is 1.24 bits per heavy atom.